The highest BCUT2D eigenvalue weighted by molar-refractivity contribution is 7.98. The number of thiophene rings is 1. The number of nitrogens with zero attached hydrogens (tertiary/aromatic N) is 5. The Balaban J connectivity index is 1.30. The van der Waals surface area contributed by atoms with Gasteiger partial charge in [-0.15, -0.1) is 11.3 Å². The Labute approximate surface area is 232 Å². The van der Waals surface area contributed by atoms with Crippen molar-refractivity contribution in [2.75, 3.05) is 16.7 Å². The third kappa shape index (κ3) is 4.85. The molecule has 0 spiro atoms. The molecule has 1 aliphatic rings. The van der Waals surface area contributed by atoms with Crippen molar-refractivity contribution in [1.29, 1.82) is 0 Å². The minimum atomic E-state index is -4.03. The largest absolute Gasteiger partial charge is 0.383 e. The van der Waals surface area contributed by atoms with Crippen molar-refractivity contribution in [2.24, 2.45) is 0 Å². The number of rotatable bonds is 7. The van der Waals surface area contributed by atoms with Crippen LogP contribution in [0.5, 0.6) is 0 Å². The fourth-order valence-corrected chi connectivity index (χ4v) is 7.63. The Bertz CT molecular complexity index is 1800. The number of thioether (sulfide) groups is 1. The zero-order chi connectivity index (χ0) is 27.1. The number of aromatic nitrogens is 5. The first-order valence-corrected chi connectivity index (χ1v) is 15.8. The number of nitrogen functional groups attached to an aromatic ring is 1. The van der Waals surface area contributed by atoms with Crippen molar-refractivity contribution in [3.63, 3.8) is 0 Å². The van der Waals surface area contributed by atoms with Gasteiger partial charge in [0.15, 0.2) is 5.16 Å². The molecule has 1 fully saturated rings. The Morgan fingerprint density at radius 2 is 1.95 bits per heavy atom. The summed E-state index contributed by atoms with van der Waals surface area (Å²) in [7, 11) is -4.03. The molecule has 9 nitrogen and oxygen atoms in total. The zero-order valence-electron chi connectivity index (χ0n) is 20.8. The van der Waals surface area contributed by atoms with Gasteiger partial charge in [0.05, 0.1) is 21.6 Å². The zero-order valence-corrected chi connectivity index (χ0v) is 23.3. The Kier molecular flexibility index (Phi) is 6.73. The summed E-state index contributed by atoms with van der Waals surface area (Å²) in [4.78, 5) is 17.8. The predicted octanol–water partition coefficient (Wildman–Crippen LogP) is 5.98. The number of nitrogens with two attached hydrogens (primary N) is 1. The van der Waals surface area contributed by atoms with Crippen LogP contribution in [-0.4, -0.2) is 39.2 Å². The van der Waals surface area contributed by atoms with Gasteiger partial charge in [-0.1, -0.05) is 30.7 Å². The van der Waals surface area contributed by atoms with Crippen LogP contribution in [0.3, 0.4) is 0 Å². The van der Waals surface area contributed by atoms with E-state index in [0.717, 1.165) is 42.7 Å². The molecular weight excluding hydrogens is 558 g/mol. The lowest BCUT2D eigenvalue weighted by molar-refractivity contribution is 0.532. The maximum atomic E-state index is 15.3. The van der Waals surface area contributed by atoms with E-state index in [0.29, 0.717) is 44.1 Å². The maximum Gasteiger partial charge on any atom is 0.271 e. The lowest BCUT2D eigenvalue weighted by atomic mass is 10.1. The van der Waals surface area contributed by atoms with E-state index >= 15 is 4.39 Å². The molecule has 6 rings (SSSR count). The van der Waals surface area contributed by atoms with E-state index in [1.165, 1.54) is 36.3 Å². The number of nitrogens with one attached hydrogen (secondary N) is 1. The lowest BCUT2D eigenvalue weighted by Gasteiger charge is -2.12. The quantitative estimate of drug-likeness (QED) is 0.178. The molecule has 1 aromatic carbocycles. The van der Waals surface area contributed by atoms with Gasteiger partial charge >= 0.3 is 0 Å². The standard InChI is InChI=1S/C26H24FN7O2S3/c1-37-26-29-11-10-20(32-26)21-8-9-22(38-21)39(35,36)33-19-7-6-15(12-18(19)27)17-13-34(16-4-2-3-5-16)25-23(17)24(28)30-14-31-25/h6-14,16,33H,2-5H2,1H3,(H2,28,30,31). The molecule has 0 unspecified atom stereocenters. The smallest absolute Gasteiger partial charge is 0.271 e. The topological polar surface area (TPSA) is 129 Å². The molecule has 4 aromatic heterocycles. The van der Waals surface area contributed by atoms with Crippen LogP contribution in [0.2, 0.25) is 0 Å². The first-order valence-electron chi connectivity index (χ1n) is 12.2. The third-order valence-electron chi connectivity index (χ3n) is 6.80. The van der Waals surface area contributed by atoms with Crippen molar-refractivity contribution >= 4 is 55.7 Å². The SMILES string of the molecule is CSc1nccc(-c2ccc(S(=O)(=O)Nc3ccc(-c4cn(C5CCCC5)c5ncnc(N)c45)cc3F)s2)n1. The van der Waals surface area contributed by atoms with Crippen molar-refractivity contribution in [3.05, 3.63) is 60.9 Å². The van der Waals surface area contributed by atoms with Gasteiger partial charge in [0.25, 0.3) is 10.0 Å². The van der Waals surface area contributed by atoms with Crippen molar-refractivity contribution < 1.29 is 12.8 Å². The van der Waals surface area contributed by atoms with Gasteiger partial charge in [-0.3, -0.25) is 4.72 Å². The van der Waals surface area contributed by atoms with Crippen LogP contribution in [0.4, 0.5) is 15.9 Å². The molecule has 5 aromatic rings. The van der Waals surface area contributed by atoms with Gasteiger partial charge in [0.2, 0.25) is 0 Å². The molecule has 13 heteroatoms. The molecule has 4 heterocycles. The summed E-state index contributed by atoms with van der Waals surface area (Å²) < 4.78 is 46.1. The fraction of sp³-hybridized carbons (Fsp3) is 0.231. The molecule has 39 heavy (non-hydrogen) atoms. The second kappa shape index (κ2) is 10.2. The minimum Gasteiger partial charge on any atom is -0.383 e. The highest BCUT2D eigenvalue weighted by atomic mass is 32.2. The number of sulfonamides is 1. The van der Waals surface area contributed by atoms with E-state index in [1.807, 2.05) is 12.5 Å². The van der Waals surface area contributed by atoms with E-state index in [-0.39, 0.29) is 9.90 Å². The molecule has 0 amide bonds. The average Bonchev–Trinajstić information content (AvgIpc) is 3.70. The van der Waals surface area contributed by atoms with E-state index in [9.17, 15) is 8.42 Å². The second-order valence-electron chi connectivity index (χ2n) is 9.19. The Morgan fingerprint density at radius 1 is 1.13 bits per heavy atom. The number of hydrogen-bond acceptors (Lipinski definition) is 9. The predicted molar refractivity (Wildman–Crippen MR) is 153 cm³/mol. The normalized spacial score (nSPS) is 14.3. The average molecular weight is 582 g/mol. The van der Waals surface area contributed by atoms with Crippen molar-refractivity contribution in [3.8, 4) is 21.7 Å². The summed E-state index contributed by atoms with van der Waals surface area (Å²) >= 11 is 2.45. The molecule has 0 bridgehead atoms. The van der Waals surface area contributed by atoms with Gasteiger partial charge in [0.1, 0.15) is 27.8 Å². The maximum absolute atomic E-state index is 15.3. The van der Waals surface area contributed by atoms with Gasteiger partial charge in [0, 0.05) is 24.0 Å². The summed E-state index contributed by atoms with van der Waals surface area (Å²) in [5.41, 5.74) is 8.69. The van der Waals surface area contributed by atoms with E-state index in [1.54, 1.807) is 24.4 Å². The number of anilines is 2. The molecule has 3 N–H and O–H groups in total. The fourth-order valence-electron chi connectivity index (χ4n) is 4.93. The van der Waals surface area contributed by atoms with Crippen LogP contribution in [0.15, 0.2) is 64.5 Å². The van der Waals surface area contributed by atoms with E-state index in [4.69, 9.17) is 5.73 Å². The molecule has 1 saturated carbocycles. The van der Waals surface area contributed by atoms with Crippen LogP contribution in [0.1, 0.15) is 31.7 Å². The van der Waals surface area contributed by atoms with Gasteiger partial charge in [-0.2, -0.15) is 0 Å². The van der Waals surface area contributed by atoms with Crippen LogP contribution >= 0.6 is 23.1 Å². The van der Waals surface area contributed by atoms with E-state index in [2.05, 4.69) is 29.2 Å². The minimum absolute atomic E-state index is 0.0508. The highest BCUT2D eigenvalue weighted by Gasteiger charge is 2.24. The number of hydrogen-bond donors (Lipinski definition) is 2. The molecule has 0 radical (unpaired) electrons. The van der Waals surface area contributed by atoms with Gasteiger partial charge in [-0.25, -0.2) is 32.7 Å². The molecule has 0 aliphatic heterocycles. The van der Waals surface area contributed by atoms with Crippen LogP contribution in [0.25, 0.3) is 32.7 Å². The third-order valence-corrected chi connectivity index (χ3v) is 10.3. The first kappa shape index (κ1) is 25.7. The molecule has 1 aliphatic carbocycles. The molecular formula is C26H24FN7O2S3. The van der Waals surface area contributed by atoms with Gasteiger partial charge in [-0.05, 0) is 55.0 Å². The Morgan fingerprint density at radius 3 is 2.72 bits per heavy atom. The summed E-state index contributed by atoms with van der Waals surface area (Å²) in [6.45, 7) is 0. The molecule has 200 valence electrons. The molecule has 0 saturated heterocycles. The van der Waals surface area contributed by atoms with E-state index < -0.39 is 15.8 Å². The number of halogens is 1. The summed E-state index contributed by atoms with van der Waals surface area (Å²) in [6.07, 6.45) is 11.3. The monoisotopic (exact) mass is 581 g/mol. The summed E-state index contributed by atoms with van der Waals surface area (Å²) in [6, 6.07) is 9.58. The van der Waals surface area contributed by atoms with Gasteiger partial charge < -0.3 is 10.3 Å². The van der Waals surface area contributed by atoms with Crippen LogP contribution < -0.4 is 10.5 Å². The first-order chi connectivity index (χ1) is 18.8. The highest BCUT2D eigenvalue weighted by Crippen LogP contribution is 2.39. The summed E-state index contributed by atoms with van der Waals surface area (Å²) in [5.74, 6) is -0.385. The van der Waals surface area contributed by atoms with Crippen LogP contribution in [0, 0.1) is 5.82 Å². The lowest BCUT2D eigenvalue weighted by Crippen LogP contribution is -2.12. The summed E-state index contributed by atoms with van der Waals surface area (Å²) in [5, 5.41) is 1.25. The van der Waals surface area contributed by atoms with Crippen LogP contribution in [-0.2, 0) is 10.0 Å². The van der Waals surface area contributed by atoms with Crippen molar-refractivity contribution in [1.82, 2.24) is 24.5 Å². The Hall–Kier alpha value is -3.55. The number of benzene rings is 1. The molecule has 0 atom stereocenters. The second-order valence-corrected chi connectivity index (χ2v) is 13.0. The number of fused-ring (bicyclic) bond motifs is 1. The van der Waals surface area contributed by atoms with Crippen molar-refractivity contribution in [2.45, 2.75) is 41.1 Å².